The Bertz CT molecular complexity index is 587. The Hall–Kier alpha value is -1.15. The largest absolute Gasteiger partial charge is 0.481 e. The molecule has 0 bridgehead atoms. The van der Waals surface area contributed by atoms with Crippen LogP contribution in [0.2, 0.25) is 0 Å². The monoisotopic (exact) mass is 371 g/mol. The first-order valence-corrected chi connectivity index (χ1v) is 10.8. The standard InChI is InChI=1S/C16H25N3O3S2/c1-11(2)15-14(18-12-5-3-4-8-19(12)15)16(22)17-7-10-24-23-9-6-13(20)21/h11H,3-10H2,1-2H3,(H,17,22)(H,20,21). The highest BCUT2D eigenvalue weighted by molar-refractivity contribution is 8.76. The predicted molar refractivity (Wildman–Crippen MR) is 98.8 cm³/mol. The number of hydrogen-bond acceptors (Lipinski definition) is 5. The maximum atomic E-state index is 12.5. The summed E-state index contributed by atoms with van der Waals surface area (Å²) in [4.78, 5) is 27.5. The van der Waals surface area contributed by atoms with Crippen LogP contribution in [0.15, 0.2) is 0 Å². The average Bonchev–Trinajstić information content (AvgIpc) is 2.93. The SMILES string of the molecule is CC(C)c1c(C(=O)NCCSSCCC(=O)O)nc2n1CCCC2. The number of aryl methyl sites for hydroxylation is 1. The molecule has 0 spiro atoms. The molecule has 0 radical (unpaired) electrons. The topological polar surface area (TPSA) is 84.2 Å². The zero-order valence-corrected chi connectivity index (χ0v) is 15.8. The van der Waals surface area contributed by atoms with Crippen molar-refractivity contribution in [3.63, 3.8) is 0 Å². The van der Waals surface area contributed by atoms with Gasteiger partial charge in [-0.2, -0.15) is 0 Å². The summed E-state index contributed by atoms with van der Waals surface area (Å²) < 4.78 is 2.22. The predicted octanol–water partition coefficient (Wildman–Crippen LogP) is 2.93. The van der Waals surface area contributed by atoms with Crippen molar-refractivity contribution < 1.29 is 14.7 Å². The second-order valence-corrected chi connectivity index (χ2v) is 8.77. The number of amides is 1. The van der Waals surface area contributed by atoms with Crippen LogP contribution in [0.3, 0.4) is 0 Å². The smallest absolute Gasteiger partial charge is 0.304 e. The summed E-state index contributed by atoms with van der Waals surface area (Å²) in [6, 6.07) is 0. The summed E-state index contributed by atoms with van der Waals surface area (Å²) >= 11 is 0. The van der Waals surface area contributed by atoms with E-state index in [9.17, 15) is 9.59 Å². The van der Waals surface area contributed by atoms with Crippen LogP contribution in [0, 0.1) is 0 Å². The van der Waals surface area contributed by atoms with Gasteiger partial charge in [0.05, 0.1) is 12.1 Å². The van der Waals surface area contributed by atoms with Gasteiger partial charge in [-0.25, -0.2) is 4.98 Å². The van der Waals surface area contributed by atoms with E-state index >= 15 is 0 Å². The first kappa shape index (κ1) is 19.2. The molecule has 1 aromatic heterocycles. The lowest BCUT2D eigenvalue weighted by Gasteiger charge is -2.18. The van der Waals surface area contributed by atoms with E-state index < -0.39 is 5.97 Å². The summed E-state index contributed by atoms with van der Waals surface area (Å²) in [5, 5.41) is 11.5. The van der Waals surface area contributed by atoms with Crippen molar-refractivity contribution in [1.29, 1.82) is 0 Å². The quantitative estimate of drug-likeness (QED) is 0.513. The molecule has 1 aliphatic heterocycles. The summed E-state index contributed by atoms with van der Waals surface area (Å²) in [6.07, 6.45) is 3.40. The highest BCUT2D eigenvalue weighted by Gasteiger charge is 2.25. The van der Waals surface area contributed by atoms with Gasteiger partial charge in [-0.1, -0.05) is 35.4 Å². The third-order valence-corrected chi connectivity index (χ3v) is 6.24. The molecular weight excluding hydrogens is 346 g/mol. The second-order valence-electron chi connectivity index (χ2n) is 6.07. The number of nitrogens with zero attached hydrogens (tertiary/aromatic N) is 2. The van der Waals surface area contributed by atoms with Gasteiger partial charge in [0.15, 0.2) is 0 Å². The molecule has 8 heteroatoms. The summed E-state index contributed by atoms with van der Waals surface area (Å²) in [5.41, 5.74) is 1.62. The number of hydrogen-bond donors (Lipinski definition) is 2. The molecule has 6 nitrogen and oxygen atoms in total. The van der Waals surface area contributed by atoms with Crippen LogP contribution in [-0.2, 0) is 17.8 Å². The van der Waals surface area contributed by atoms with E-state index in [0.717, 1.165) is 43.1 Å². The molecule has 1 aliphatic rings. The number of carbonyl (C=O) groups is 2. The second kappa shape index (κ2) is 9.36. The van der Waals surface area contributed by atoms with Gasteiger partial charge in [0, 0.05) is 31.0 Å². The van der Waals surface area contributed by atoms with E-state index in [1.54, 1.807) is 10.8 Å². The number of aromatic nitrogens is 2. The number of imidazole rings is 1. The number of rotatable bonds is 9. The lowest BCUT2D eigenvalue weighted by atomic mass is 10.1. The molecule has 0 aromatic carbocycles. The van der Waals surface area contributed by atoms with Crippen LogP contribution in [0.5, 0.6) is 0 Å². The maximum absolute atomic E-state index is 12.5. The van der Waals surface area contributed by atoms with Crippen molar-refractivity contribution in [3.8, 4) is 0 Å². The molecule has 0 aliphatic carbocycles. The van der Waals surface area contributed by atoms with E-state index in [0.29, 0.717) is 18.0 Å². The number of carbonyl (C=O) groups excluding carboxylic acids is 1. The Balaban J connectivity index is 1.84. The van der Waals surface area contributed by atoms with Gasteiger partial charge in [-0.05, 0) is 18.8 Å². The van der Waals surface area contributed by atoms with Crippen molar-refractivity contribution in [2.24, 2.45) is 0 Å². The molecule has 0 saturated carbocycles. The molecule has 0 saturated heterocycles. The molecule has 0 unspecified atom stereocenters. The molecular formula is C16H25N3O3S2. The van der Waals surface area contributed by atoms with Gasteiger partial charge < -0.3 is 15.0 Å². The van der Waals surface area contributed by atoms with Crippen molar-refractivity contribution >= 4 is 33.5 Å². The number of aliphatic carboxylic acids is 1. The molecule has 0 atom stereocenters. The number of carboxylic acids is 1. The van der Waals surface area contributed by atoms with Gasteiger partial charge in [0.1, 0.15) is 11.5 Å². The minimum atomic E-state index is -0.777. The van der Waals surface area contributed by atoms with Gasteiger partial charge in [-0.15, -0.1) is 0 Å². The molecule has 1 aromatic rings. The highest BCUT2D eigenvalue weighted by atomic mass is 33.1. The number of fused-ring (bicyclic) bond motifs is 1. The van der Waals surface area contributed by atoms with E-state index in [4.69, 9.17) is 5.11 Å². The highest BCUT2D eigenvalue weighted by Crippen LogP contribution is 2.26. The van der Waals surface area contributed by atoms with Gasteiger partial charge >= 0.3 is 5.97 Å². The Morgan fingerprint density at radius 2 is 2.04 bits per heavy atom. The molecule has 2 N–H and O–H groups in total. The minimum absolute atomic E-state index is 0.100. The summed E-state index contributed by atoms with van der Waals surface area (Å²) in [6.45, 7) is 5.72. The third kappa shape index (κ3) is 5.17. The van der Waals surface area contributed by atoms with Gasteiger partial charge in [-0.3, -0.25) is 9.59 Å². The summed E-state index contributed by atoms with van der Waals surface area (Å²) in [5.74, 6) is 1.76. The van der Waals surface area contributed by atoms with Crippen molar-refractivity contribution in [1.82, 2.24) is 14.9 Å². The minimum Gasteiger partial charge on any atom is -0.481 e. The molecule has 134 valence electrons. The van der Waals surface area contributed by atoms with E-state index in [-0.39, 0.29) is 18.2 Å². The van der Waals surface area contributed by atoms with Crippen molar-refractivity contribution in [3.05, 3.63) is 17.2 Å². The van der Waals surface area contributed by atoms with E-state index in [1.165, 1.54) is 10.8 Å². The first-order chi connectivity index (χ1) is 11.5. The number of nitrogens with one attached hydrogen (secondary N) is 1. The van der Waals surface area contributed by atoms with Crippen LogP contribution < -0.4 is 5.32 Å². The van der Waals surface area contributed by atoms with E-state index in [2.05, 4.69) is 28.7 Å². The Morgan fingerprint density at radius 1 is 1.29 bits per heavy atom. The fourth-order valence-corrected chi connectivity index (χ4v) is 4.68. The molecule has 1 amide bonds. The fraction of sp³-hybridized carbons (Fsp3) is 0.688. The molecule has 24 heavy (non-hydrogen) atoms. The molecule has 2 heterocycles. The normalized spacial score (nSPS) is 13.8. The van der Waals surface area contributed by atoms with Gasteiger partial charge in [0.2, 0.25) is 0 Å². The molecule has 0 fully saturated rings. The van der Waals surface area contributed by atoms with E-state index in [1.807, 2.05) is 0 Å². The Labute approximate surface area is 150 Å². The zero-order chi connectivity index (χ0) is 17.5. The lowest BCUT2D eigenvalue weighted by molar-refractivity contribution is -0.136. The zero-order valence-electron chi connectivity index (χ0n) is 14.2. The van der Waals surface area contributed by atoms with Crippen molar-refractivity contribution in [2.45, 2.75) is 52.0 Å². The average molecular weight is 372 g/mol. The summed E-state index contributed by atoms with van der Waals surface area (Å²) in [7, 11) is 3.11. The van der Waals surface area contributed by atoms with Gasteiger partial charge in [0.25, 0.3) is 5.91 Å². The first-order valence-electron chi connectivity index (χ1n) is 8.34. The fourth-order valence-electron chi connectivity index (χ4n) is 2.80. The van der Waals surface area contributed by atoms with Crippen LogP contribution >= 0.6 is 21.6 Å². The number of carboxylic acid groups (broad SMARTS) is 1. The van der Waals surface area contributed by atoms with Crippen molar-refractivity contribution in [2.75, 3.05) is 18.1 Å². The van der Waals surface area contributed by atoms with Crippen LogP contribution in [-0.4, -0.2) is 44.6 Å². The van der Waals surface area contributed by atoms with Crippen LogP contribution in [0.25, 0.3) is 0 Å². The molecule has 2 rings (SSSR count). The lowest BCUT2D eigenvalue weighted by Crippen LogP contribution is -2.27. The Morgan fingerprint density at radius 3 is 2.75 bits per heavy atom. The third-order valence-electron chi connectivity index (χ3n) is 3.83. The maximum Gasteiger partial charge on any atom is 0.304 e. The Kier molecular flexibility index (Phi) is 7.48. The van der Waals surface area contributed by atoms with Crippen LogP contribution in [0.4, 0.5) is 0 Å². The van der Waals surface area contributed by atoms with Crippen LogP contribution in [0.1, 0.15) is 61.0 Å².